The fraction of sp³-hybridized carbons (Fsp3) is 0.355. The van der Waals surface area contributed by atoms with Crippen molar-refractivity contribution in [2.75, 3.05) is 18.0 Å². The van der Waals surface area contributed by atoms with Gasteiger partial charge in [-0.15, -0.1) is 0 Å². The number of amides is 2. The molecule has 3 rings (SSSR count). The predicted octanol–water partition coefficient (Wildman–Crippen LogP) is 4.70. The first-order valence-corrected chi connectivity index (χ1v) is 14.8. The molecule has 1 atom stereocenters. The summed E-state index contributed by atoms with van der Waals surface area (Å²) in [5.41, 5.74) is 2.92. The zero-order valence-corrected chi connectivity index (χ0v) is 24.9. The number of nitrogens with one attached hydrogen (secondary N) is 1. The molecule has 0 saturated heterocycles. The first-order valence-electron chi connectivity index (χ1n) is 13.4. The van der Waals surface area contributed by atoms with Crippen molar-refractivity contribution in [1.82, 2.24) is 10.2 Å². The third kappa shape index (κ3) is 7.41. The quantitative estimate of drug-likeness (QED) is 0.343. The molecule has 8 nitrogen and oxygen atoms in total. The van der Waals surface area contributed by atoms with Gasteiger partial charge in [0.15, 0.2) is 0 Å². The number of methoxy groups -OCH3 is 1. The summed E-state index contributed by atoms with van der Waals surface area (Å²) in [5.74, 6) is -0.152. The summed E-state index contributed by atoms with van der Waals surface area (Å²) >= 11 is 0. The lowest BCUT2D eigenvalue weighted by Gasteiger charge is -2.33. The smallest absolute Gasteiger partial charge is 0.264 e. The molecular weight excluding hydrogens is 526 g/mol. The van der Waals surface area contributed by atoms with Gasteiger partial charge in [0.25, 0.3) is 10.0 Å². The van der Waals surface area contributed by atoms with E-state index in [2.05, 4.69) is 5.32 Å². The van der Waals surface area contributed by atoms with E-state index in [1.54, 1.807) is 62.6 Å². The molecule has 214 valence electrons. The van der Waals surface area contributed by atoms with Crippen LogP contribution in [0.3, 0.4) is 0 Å². The highest BCUT2D eigenvalue weighted by Gasteiger charge is 2.33. The number of aryl methyl sites for hydroxylation is 2. The van der Waals surface area contributed by atoms with Crippen LogP contribution >= 0.6 is 0 Å². The lowest BCUT2D eigenvalue weighted by Crippen LogP contribution is -2.52. The van der Waals surface area contributed by atoms with Crippen LogP contribution in [-0.4, -0.2) is 50.9 Å². The Morgan fingerprint density at radius 1 is 0.925 bits per heavy atom. The molecule has 3 aromatic carbocycles. The van der Waals surface area contributed by atoms with Crippen LogP contribution in [0, 0.1) is 6.92 Å². The van der Waals surface area contributed by atoms with Gasteiger partial charge in [0, 0.05) is 12.6 Å². The highest BCUT2D eigenvalue weighted by molar-refractivity contribution is 7.92. The minimum atomic E-state index is -4.11. The van der Waals surface area contributed by atoms with E-state index in [-0.39, 0.29) is 23.4 Å². The Kier molecular flexibility index (Phi) is 10.3. The van der Waals surface area contributed by atoms with Crippen molar-refractivity contribution in [3.05, 3.63) is 89.5 Å². The van der Waals surface area contributed by atoms with E-state index < -0.39 is 28.5 Å². The van der Waals surface area contributed by atoms with Gasteiger partial charge >= 0.3 is 0 Å². The van der Waals surface area contributed by atoms with E-state index in [4.69, 9.17) is 4.74 Å². The Labute approximate surface area is 238 Å². The van der Waals surface area contributed by atoms with Crippen molar-refractivity contribution in [3.8, 4) is 5.75 Å². The largest absolute Gasteiger partial charge is 0.497 e. The maximum atomic E-state index is 14.0. The van der Waals surface area contributed by atoms with Crippen LogP contribution in [0.15, 0.2) is 77.7 Å². The average molecular weight is 566 g/mol. The second-order valence-electron chi connectivity index (χ2n) is 10.0. The number of para-hydroxylation sites is 1. The van der Waals surface area contributed by atoms with E-state index in [9.17, 15) is 18.0 Å². The van der Waals surface area contributed by atoms with Crippen LogP contribution in [0.5, 0.6) is 5.75 Å². The normalized spacial score (nSPS) is 12.1. The molecule has 9 heteroatoms. The summed E-state index contributed by atoms with van der Waals surface area (Å²) in [5, 5.41) is 2.86. The summed E-state index contributed by atoms with van der Waals surface area (Å²) in [4.78, 5) is 28.6. The van der Waals surface area contributed by atoms with E-state index in [1.807, 2.05) is 52.0 Å². The molecule has 0 spiro atoms. The van der Waals surface area contributed by atoms with Crippen LogP contribution in [-0.2, 0) is 32.6 Å². The Morgan fingerprint density at radius 3 is 2.12 bits per heavy atom. The molecular formula is C31H39N3O5S. The van der Waals surface area contributed by atoms with E-state index in [0.29, 0.717) is 17.9 Å². The third-order valence-electron chi connectivity index (χ3n) is 6.64. The van der Waals surface area contributed by atoms with Gasteiger partial charge < -0.3 is 15.0 Å². The summed E-state index contributed by atoms with van der Waals surface area (Å²) in [6, 6.07) is 19.9. The molecule has 0 fully saturated rings. The summed E-state index contributed by atoms with van der Waals surface area (Å²) in [6.45, 7) is 8.80. The molecule has 0 aromatic heterocycles. The minimum absolute atomic E-state index is 0.0871. The lowest BCUT2D eigenvalue weighted by atomic mass is 10.1. The number of rotatable bonds is 12. The zero-order valence-electron chi connectivity index (χ0n) is 24.0. The molecule has 1 unspecified atom stereocenters. The number of hydrogen-bond donors (Lipinski definition) is 1. The second-order valence-corrected chi connectivity index (χ2v) is 11.9. The fourth-order valence-corrected chi connectivity index (χ4v) is 5.77. The predicted molar refractivity (Wildman–Crippen MR) is 158 cm³/mol. The highest BCUT2D eigenvalue weighted by atomic mass is 32.2. The van der Waals surface area contributed by atoms with Crippen LogP contribution in [0.2, 0.25) is 0 Å². The molecule has 0 aliphatic rings. The molecule has 0 aliphatic carbocycles. The molecule has 40 heavy (non-hydrogen) atoms. The Bertz CT molecular complexity index is 1400. The molecule has 0 radical (unpaired) electrons. The first-order chi connectivity index (χ1) is 19.0. The van der Waals surface area contributed by atoms with Crippen molar-refractivity contribution in [2.24, 2.45) is 0 Å². The zero-order chi connectivity index (χ0) is 29.4. The molecule has 0 aliphatic heterocycles. The van der Waals surface area contributed by atoms with Crippen molar-refractivity contribution >= 4 is 27.5 Å². The highest BCUT2D eigenvalue weighted by Crippen LogP contribution is 2.28. The van der Waals surface area contributed by atoms with E-state index in [1.165, 1.54) is 4.90 Å². The minimum Gasteiger partial charge on any atom is -0.497 e. The number of carbonyl (C=O) groups excluding carboxylic acids is 2. The van der Waals surface area contributed by atoms with Gasteiger partial charge in [-0.05, 0) is 75.6 Å². The summed E-state index contributed by atoms with van der Waals surface area (Å²) in [6.07, 6.45) is 0.576. The average Bonchev–Trinajstić information content (AvgIpc) is 2.94. The summed E-state index contributed by atoms with van der Waals surface area (Å²) < 4.78 is 34.4. The topological polar surface area (TPSA) is 96.0 Å². The van der Waals surface area contributed by atoms with Gasteiger partial charge in [0.1, 0.15) is 18.3 Å². The molecule has 0 bridgehead atoms. The number of benzene rings is 3. The molecule has 3 aromatic rings. The number of anilines is 1. The lowest BCUT2D eigenvalue weighted by molar-refractivity contribution is -0.139. The van der Waals surface area contributed by atoms with Gasteiger partial charge in [0.05, 0.1) is 17.7 Å². The third-order valence-corrected chi connectivity index (χ3v) is 8.41. The summed E-state index contributed by atoms with van der Waals surface area (Å²) in [7, 11) is -2.54. The van der Waals surface area contributed by atoms with Gasteiger partial charge in [-0.1, -0.05) is 55.0 Å². The van der Waals surface area contributed by atoms with Gasteiger partial charge in [0.2, 0.25) is 11.8 Å². The van der Waals surface area contributed by atoms with Crippen molar-refractivity contribution < 1.29 is 22.7 Å². The van der Waals surface area contributed by atoms with Crippen molar-refractivity contribution in [3.63, 3.8) is 0 Å². The van der Waals surface area contributed by atoms with Crippen LogP contribution < -0.4 is 14.4 Å². The maximum Gasteiger partial charge on any atom is 0.264 e. The second kappa shape index (κ2) is 13.5. The number of nitrogens with zero attached hydrogens (tertiary/aromatic N) is 2. The van der Waals surface area contributed by atoms with Crippen LogP contribution in [0.25, 0.3) is 0 Å². The van der Waals surface area contributed by atoms with Gasteiger partial charge in [-0.2, -0.15) is 0 Å². The van der Waals surface area contributed by atoms with Crippen molar-refractivity contribution in [2.45, 2.75) is 64.6 Å². The van der Waals surface area contributed by atoms with Crippen molar-refractivity contribution in [1.29, 1.82) is 0 Å². The van der Waals surface area contributed by atoms with Gasteiger partial charge in [-0.3, -0.25) is 13.9 Å². The number of carbonyl (C=O) groups is 2. The molecule has 1 N–H and O–H groups in total. The SMILES string of the molecule is CCc1ccccc1N(CC(=O)N(Cc1ccc(OC)cc1)C(C)C(=O)NC(C)C)S(=O)(=O)c1ccc(C)cc1. The van der Waals surface area contributed by atoms with E-state index >= 15 is 0 Å². The molecule has 2 amide bonds. The Hall–Kier alpha value is -3.85. The van der Waals surface area contributed by atoms with Crippen LogP contribution in [0.4, 0.5) is 5.69 Å². The maximum absolute atomic E-state index is 14.0. The Balaban J connectivity index is 2.06. The number of sulfonamides is 1. The van der Waals surface area contributed by atoms with E-state index in [0.717, 1.165) is 21.0 Å². The monoisotopic (exact) mass is 565 g/mol. The number of ether oxygens (including phenoxy) is 1. The Morgan fingerprint density at radius 2 is 1.55 bits per heavy atom. The van der Waals surface area contributed by atoms with Crippen LogP contribution in [0.1, 0.15) is 44.4 Å². The fourth-order valence-electron chi connectivity index (χ4n) is 4.32. The standard InChI is InChI=1S/C31H39N3O5S/c1-7-26-10-8-9-11-29(26)34(40(37,38)28-18-12-23(4)13-19-28)21-30(35)33(24(5)31(36)32-22(2)3)20-25-14-16-27(39-6)17-15-25/h8-19,22,24H,7,20-21H2,1-6H3,(H,32,36). The number of hydrogen-bond acceptors (Lipinski definition) is 5. The molecule has 0 heterocycles. The first kappa shape index (κ1) is 30.7. The molecule has 0 saturated carbocycles. The van der Waals surface area contributed by atoms with Gasteiger partial charge in [-0.25, -0.2) is 8.42 Å².